The highest BCUT2D eigenvalue weighted by Crippen LogP contribution is 2.25. The molecule has 0 aromatic carbocycles. The maximum Gasteiger partial charge on any atom is 0.410 e. The van der Waals surface area contributed by atoms with Crippen molar-refractivity contribution < 1.29 is 22.7 Å². The number of ether oxygens (including phenoxy) is 1. The standard InChI is InChI=1S/C12H22F3N3O2/c1-11(2,3)20-10(19)18-6-4-17(5-7-18)9(8-16)12(13,14)15/h9H,4-8,16H2,1-3H3. The lowest BCUT2D eigenvalue weighted by molar-refractivity contribution is -0.184. The molecule has 0 radical (unpaired) electrons. The number of nitrogens with zero attached hydrogens (tertiary/aromatic N) is 2. The van der Waals surface area contributed by atoms with E-state index in [4.69, 9.17) is 10.5 Å². The van der Waals surface area contributed by atoms with E-state index in [0.29, 0.717) is 0 Å². The summed E-state index contributed by atoms with van der Waals surface area (Å²) in [6.07, 6.45) is -4.84. The van der Waals surface area contributed by atoms with Crippen LogP contribution in [0.25, 0.3) is 0 Å². The van der Waals surface area contributed by atoms with Crippen molar-refractivity contribution >= 4 is 6.09 Å². The van der Waals surface area contributed by atoms with Crippen molar-refractivity contribution in [2.24, 2.45) is 5.73 Å². The van der Waals surface area contributed by atoms with E-state index < -0.39 is 30.5 Å². The Morgan fingerprint density at radius 3 is 2.05 bits per heavy atom. The third kappa shape index (κ3) is 4.82. The second-order valence-corrected chi connectivity index (χ2v) is 5.80. The predicted octanol–water partition coefficient (Wildman–Crippen LogP) is 1.43. The monoisotopic (exact) mass is 297 g/mol. The first-order valence-electron chi connectivity index (χ1n) is 6.53. The Balaban J connectivity index is 2.53. The van der Waals surface area contributed by atoms with Gasteiger partial charge in [0.05, 0.1) is 0 Å². The van der Waals surface area contributed by atoms with Crippen molar-refractivity contribution in [3.8, 4) is 0 Å². The van der Waals surface area contributed by atoms with Crippen molar-refractivity contribution in [2.45, 2.75) is 38.6 Å². The molecule has 8 heteroatoms. The van der Waals surface area contributed by atoms with E-state index in [0.717, 1.165) is 0 Å². The average molecular weight is 297 g/mol. The molecule has 118 valence electrons. The molecular weight excluding hydrogens is 275 g/mol. The molecule has 1 fully saturated rings. The zero-order valence-corrected chi connectivity index (χ0v) is 12.0. The number of nitrogens with two attached hydrogens (primary N) is 1. The summed E-state index contributed by atoms with van der Waals surface area (Å²) in [5.74, 6) is 0. The van der Waals surface area contributed by atoms with E-state index in [2.05, 4.69) is 0 Å². The fraction of sp³-hybridized carbons (Fsp3) is 0.917. The van der Waals surface area contributed by atoms with Crippen molar-refractivity contribution in [2.75, 3.05) is 32.7 Å². The molecule has 1 unspecified atom stereocenters. The van der Waals surface area contributed by atoms with Gasteiger partial charge in [-0.05, 0) is 20.8 Å². The Hall–Kier alpha value is -1.02. The second kappa shape index (κ2) is 6.17. The van der Waals surface area contributed by atoms with Gasteiger partial charge in [0.15, 0.2) is 0 Å². The van der Waals surface area contributed by atoms with E-state index in [1.54, 1.807) is 20.8 Å². The number of alkyl halides is 3. The lowest BCUT2D eigenvalue weighted by Crippen LogP contribution is -2.58. The number of carbonyl (C=O) groups is 1. The maximum atomic E-state index is 12.8. The molecule has 0 spiro atoms. The number of amides is 1. The van der Waals surface area contributed by atoms with Gasteiger partial charge in [0, 0.05) is 32.7 Å². The number of rotatable bonds is 2. The third-order valence-corrected chi connectivity index (χ3v) is 3.01. The van der Waals surface area contributed by atoms with Crippen LogP contribution in [0.5, 0.6) is 0 Å². The molecule has 1 rings (SSSR count). The molecule has 0 saturated carbocycles. The number of halogens is 3. The SMILES string of the molecule is CC(C)(C)OC(=O)N1CCN(C(CN)C(F)(F)F)CC1. The Bertz CT molecular complexity index is 334. The fourth-order valence-corrected chi connectivity index (χ4v) is 2.03. The van der Waals surface area contributed by atoms with Gasteiger partial charge in [0.2, 0.25) is 0 Å². The molecule has 5 nitrogen and oxygen atoms in total. The predicted molar refractivity (Wildman–Crippen MR) is 68.3 cm³/mol. The van der Waals surface area contributed by atoms with E-state index in [9.17, 15) is 18.0 Å². The second-order valence-electron chi connectivity index (χ2n) is 5.80. The van der Waals surface area contributed by atoms with Gasteiger partial charge in [0.1, 0.15) is 11.6 Å². The smallest absolute Gasteiger partial charge is 0.410 e. The molecule has 2 N–H and O–H groups in total. The molecule has 0 bridgehead atoms. The Labute approximate surface area is 116 Å². The van der Waals surface area contributed by atoms with Gasteiger partial charge in [-0.3, -0.25) is 4.90 Å². The summed E-state index contributed by atoms with van der Waals surface area (Å²) in [4.78, 5) is 14.5. The lowest BCUT2D eigenvalue weighted by Gasteiger charge is -2.39. The molecule has 20 heavy (non-hydrogen) atoms. The van der Waals surface area contributed by atoms with Crippen LogP contribution in [0.15, 0.2) is 0 Å². The van der Waals surface area contributed by atoms with Crippen LogP contribution in [-0.4, -0.2) is 66.4 Å². The van der Waals surface area contributed by atoms with Crippen molar-refractivity contribution in [3.05, 3.63) is 0 Å². The molecule has 0 aromatic rings. The molecule has 1 amide bonds. The number of hydrogen-bond donors (Lipinski definition) is 1. The van der Waals surface area contributed by atoms with E-state index in [-0.39, 0.29) is 26.2 Å². The summed E-state index contributed by atoms with van der Waals surface area (Å²) in [6.45, 7) is 5.46. The normalized spacial score (nSPS) is 19.9. The summed E-state index contributed by atoms with van der Waals surface area (Å²) in [5.41, 5.74) is 4.59. The van der Waals surface area contributed by atoms with Crippen LogP contribution < -0.4 is 5.73 Å². The van der Waals surface area contributed by atoms with Gasteiger partial charge in [-0.2, -0.15) is 13.2 Å². The van der Waals surface area contributed by atoms with Crippen molar-refractivity contribution in [1.82, 2.24) is 9.80 Å². The van der Waals surface area contributed by atoms with E-state index >= 15 is 0 Å². The zero-order valence-electron chi connectivity index (χ0n) is 12.0. The number of hydrogen-bond acceptors (Lipinski definition) is 4. The molecule has 1 heterocycles. The summed E-state index contributed by atoms with van der Waals surface area (Å²) >= 11 is 0. The summed E-state index contributed by atoms with van der Waals surface area (Å²) in [6, 6.07) is -1.65. The Morgan fingerprint density at radius 2 is 1.70 bits per heavy atom. The van der Waals surface area contributed by atoms with Crippen LogP contribution in [0, 0.1) is 0 Å². The summed E-state index contributed by atoms with van der Waals surface area (Å²) in [7, 11) is 0. The summed E-state index contributed by atoms with van der Waals surface area (Å²) in [5, 5.41) is 0. The van der Waals surface area contributed by atoms with Crippen molar-refractivity contribution in [3.63, 3.8) is 0 Å². The molecular formula is C12H22F3N3O2. The topological polar surface area (TPSA) is 58.8 Å². The molecule has 1 saturated heterocycles. The first kappa shape index (κ1) is 17.0. The van der Waals surface area contributed by atoms with Gasteiger partial charge in [-0.15, -0.1) is 0 Å². The van der Waals surface area contributed by atoms with E-state index in [1.807, 2.05) is 0 Å². The van der Waals surface area contributed by atoms with Gasteiger partial charge >= 0.3 is 12.3 Å². The maximum absolute atomic E-state index is 12.8. The largest absolute Gasteiger partial charge is 0.444 e. The molecule has 0 aliphatic carbocycles. The third-order valence-electron chi connectivity index (χ3n) is 3.01. The first-order chi connectivity index (χ1) is 9.04. The quantitative estimate of drug-likeness (QED) is 0.837. The highest BCUT2D eigenvalue weighted by molar-refractivity contribution is 5.68. The van der Waals surface area contributed by atoms with Crippen LogP contribution in [0.2, 0.25) is 0 Å². The van der Waals surface area contributed by atoms with Gasteiger partial charge in [-0.1, -0.05) is 0 Å². The average Bonchev–Trinajstić information content (AvgIpc) is 2.26. The van der Waals surface area contributed by atoms with E-state index in [1.165, 1.54) is 9.80 Å². The fourth-order valence-electron chi connectivity index (χ4n) is 2.03. The minimum absolute atomic E-state index is 0.140. The van der Waals surface area contributed by atoms with Crippen molar-refractivity contribution in [1.29, 1.82) is 0 Å². The Kier molecular flexibility index (Phi) is 5.26. The minimum Gasteiger partial charge on any atom is -0.444 e. The summed E-state index contributed by atoms with van der Waals surface area (Å²) < 4.78 is 43.5. The molecule has 1 atom stereocenters. The number of carbonyl (C=O) groups excluding carboxylic acids is 1. The highest BCUT2D eigenvalue weighted by Gasteiger charge is 2.43. The van der Waals surface area contributed by atoms with Crippen LogP contribution in [0.1, 0.15) is 20.8 Å². The molecule has 1 aliphatic heterocycles. The van der Waals surface area contributed by atoms with Crippen LogP contribution in [-0.2, 0) is 4.74 Å². The van der Waals surface area contributed by atoms with Gasteiger partial charge in [0.25, 0.3) is 0 Å². The van der Waals surface area contributed by atoms with Crippen LogP contribution in [0.3, 0.4) is 0 Å². The minimum atomic E-state index is -4.34. The molecule has 0 aromatic heterocycles. The van der Waals surface area contributed by atoms with Crippen LogP contribution >= 0.6 is 0 Å². The van der Waals surface area contributed by atoms with Gasteiger partial charge in [-0.25, -0.2) is 4.79 Å². The zero-order chi connectivity index (χ0) is 15.6. The molecule has 1 aliphatic rings. The van der Waals surface area contributed by atoms with Gasteiger partial charge < -0.3 is 15.4 Å². The Morgan fingerprint density at radius 1 is 1.20 bits per heavy atom. The number of piperazine rings is 1. The van der Waals surface area contributed by atoms with Crippen LogP contribution in [0.4, 0.5) is 18.0 Å². The lowest BCUT2D eigenvalue weighted by atomic mass is 10.2. The first-order valence-corrected chi connectivity index (χ1v) is 6.53. The highest BCUT2D eigenvalue weighted by atomic mass is 19.4.